The minimum Gasteiger partial charge on any atom is -0.494 e. The lowest BCUT2D eigenvalue weighted by atomic mass is 10.1. The van der Waals surface area contributed by atoms with E-state index in [1.54, 1.807) is 0 Å². The Hall–Kier alpha value is -1.06. The first-order valence-corrected chi connectivity index (χ1v) is 5.19. The van der Waals surface area contributed by atoms with E-state index in [1.807, 2.05) is 37.9 Å². The van der Waals surface area contributed by atoms with Crippen molar-refractivity contribution in [2.75, 3.05) is 20.4 Å². The first-order valence-electron chi connectivity index (χ1n) is 5.19. The quantitative estimate of drug-likeness (QED) is 0.750. The molecule has 3 heteroatoms. The summed E-state index contributed by atoms with van der Waals surface area (Å²) >= 11 is 0. The number of aliphatic hydroxyl groups is 1. The molecule has 0 spiro atoms. The van der Waals surface area contributed by atoms with Crippen LogP contribution < -0.4 is 4.74 Å². The van der Waals surface area contributed by atoms with Crippen molar-refractivity contribution in [2.24, 2.45) is 0 Å². The molecular formula is C12H19NO2. The third-order valence-corrected chi connectivity index (χ3v) is 2.23. The Morgan fingerprint density at radius 3 is 2.67 bits per heavy atom. The van der Waals surface area contributed by atoms with Crippen LogP contribution >= 0.6 is 0 Å². The molecule has 0 aliphatic rings. The van der Waals surface area contributed by atoms with E-state index in [9.17, 15) is 0 Å². The highest BCUT2D eigenvalue weighted by molar-refractivity contribution is 5.36. The number of benzene rings is 1. The van der Waals surface area contributed by atoms with Crippen LogP contribution in [0.5, 0.6) is 5.75 Å². The van der Waals surface area contributed by atoms with Crippen molar-refractivity contribution in [1.29, 1.82) is 0 Å². The molecule has 0 heterocycles. The molecule has 0 radical (unpaired) electrons. The van der Waals surface area contributed by atoms with Gasteiger partial charge in [0.05, 0.1) is 13.3 Å². The molecule has 0 unspecified atom stereocenters. The maximum Gasteiger partial charge on any atom is 0.122 e. The zero-order valence-corrected chi connectivity index (χ0v) is 9.66. The molecule has 0 aliphatic carbocycles. The van der Waals surface area contributed by atoms with Gasteiger partial charge in [0.25, 0.3) is 0 Å². The summed E-state index contributed by atoms with van der Waals surface area (Å²) in [5.41, 5.74) is 2.33. The van der Waals surface area contributed by atoms with Crippen LogP contribution in [0.25, 0.3) is 0 Å². The highest BCUT2D eigenvalue weighted by atomic mass is 16.5. The SMILES string of the molecule is CCOc1ccc(CN(C)CO)cc1C. The predicted octanol–water partition coefficient (Wildman–Crippen LogP) is 1.78. The number of aryl methyl sites for hydroxylation is 1. The Morgan fingerprint density at radius 1 is 1.40 bits per heavy atom. The van der Waals surface area contributed by atoms with Crippen molar-refractivity contribution in [3.8, 4) is 5.75 Å². The van der Waals surface area contributed by atoms with E-state index in [4.69, 9.17) is 9.84 Å². The third-order valence-electron chi connectivity index (χ3n) is 2.23. The molecule has 0 aliphatic heterocycles. The van der Waals surface area contributed by atoms with Crippen molar-refractivity contribution >= 4 is 0 Å². The lowest BCUT2D eigenvalue weighted by Crippen LogP contribution is -2.18. The van der Waals surface area contributed by atoms with Crippen LogP contribution in [0.1, 0.15) is 18.1 Å². The molecule has 0 aromatic heterocycles. The molecule has 1 N–H and O–H groups in total. The number of hydrogen-bond acceptors (Lipinski definition) is 3. The fourth-order valence-corrected chi connectivity index (χ4v) is 1.49. The zero-order chi connectivity index (χ0) is 11.3. The zero-order valence-electron chi connectivity index (χ0n) is 9.66. The monoisotopic (exact) mass is 209 g/mol. The standard InChI is InChI=1S/C12H19NO2/c1-4-15-12-6-5-11(7-10(12)2)8-13(3)9-14/h5-7,14H,4,8-9H2,1-3H3. The Bertz CT molecular complexity index is 312. The second-order valence-electron chi connectivity index (χ2n) is 3.69. The van der Waals surface area contributed by atoms with Gasteiger partial charge in [-0.25, -0.2) is 0 Å². The van der Waals surface area contributed by atoms with Gasteiger partial charge >= 0.3 is 0 Å². The smallest absolute Gasteiger partial charge is 0.122 e. The Balaban J connectivity index is 2.73. The highest BCUT2D eigenvalue weighted by Crippen LogP contribution is 2.19. The van der Waals surface area contributed by atoms with Crippen molar-refractivity contribution < 1.29 is 9.84 Å². The highest BCUT2D eigenvalue weighted by Gasteiger charge is 2.02. The van der Waals surface area contributed by atoms with Crippen LogP contribution in [0.2, 0.25) is 0 Å². The van der Waals surface area contributed by atoms with Gasteiger partial charge < -0.3 is 9.84 Å². The molecule has 1 aromatic carbocycles. The third kappa shape index (κ3) is 3.53. The van der Waals surface area contributed by atoms with Gasteiger partial charge in [-0.3, -0.25) is 4.90 Å². The summed E-state index contributed by atoms with van der Waals surface area (Å²) in [5.74, 6) is 0.938. The predicted molar refractivity (Wildman–Crippen MR) is 60.9 cm³/mol. The van der Waals surface area contributed by atoms with Gasteiger partial charge in [-0.05, 0) is 38.1 Å². The number of rotatable bonds is 5. The Kier molecular flexibility index (Phi) is 4.59. The van der Waals surface area contributed by atoms with E-state index < -0.39 is 0 Å². The fraction of sp³-hybridized carbons (Fsp3) is 0.500. The van der Waals surface area contributed by atoms with Crippen LogP contribution in [0, 0.1) is 6.92 Å². The summed E-state index contributed by atoms with van der Waals surface area (Å²) in [6.45, 7) is 5.53. The minimum absolute atomic E-state index is 0.0757. The Labute approximate surface area is 91.3 Å². The number of hydrogen-bond donors (Lipinski definition) is 1. The lowest BCUT2D eigenvalue weighted by molar-refractivity contribution is 0.127. The molecule has 0 bridgehead atoms. The average Bonchev–Trinajstić information content (AvgIpc) is 2.22. The molecule has 0 saturated heterocycles. The van der Waals surface area contributed by atoms with E-state index in [0.717, 1.165) is 17.9 Å². The second kappa shape index (κ2) is 5.73. The van der Waals surface area contributed by atoms with Gasteiger partial charge in [0.15, 0.2) is 0 Å². The molecule has 0 fully saturated rings. The largest absolute Gasteiger partial charge is 0.494 e. The summed E-state index contributed by atoms with van der Waals surface area (Å²) in [4.78, 5) is 1.84. The van der Waals surface area contributed by atoms with E-state index in [1.165, 1.54) is 5.56 Å². The average molecular weight is 209 g/mol. The topological polar surface area (TPSA) is 32.7 Å². The fourth-order valence-electron chi connectivity index (χ4n) is 1.49. The summed E-state index contributed by atoms with van der Waals surface area (Å²) in [7, 11) is 1.88. The normalized spacial score (nSPS) is 10.7. The molecule has 0 atom stereocenters. The van der Waals surface area contributed by atoms with Gasteiger partial charge in [-0.1, -0.05) is 12.1 Å². The summed E-state index contributed by atoms with van der Waals surface area (Å²) in [6.07, 6.45) is 0. The van der Waals surface area contributed by atoms with E-state index >= 15 is 0 Å². The van der Waals surface area contributed by atoms with Gasteiger partial charge in [0.2, 0.25) is 0 Å². The molecule has 1 rings (SSSR count). The molecule has 0 amide bonds. The van der Waals surface area contributed by atoms with Crippen LogP contribution in [0.4, 0.5) is 0 Å². The summed E-state index contributed by atoms with van der Waals surface area (Å²) < 4.78 is 5.46. The summed E-state index contributed by atoms with van der Waals surface area (Å²) in [5, 5.41) is 8.91. The second-order valence-corrected chi connectivity index (χ2v) is 3.69. The van der Waals surface area contributed by atoms with Gasteiger partial charge in [-0.15, -0.1) is 0 Å². The molecule has 15 heavy (non-hydrogen) atoms. The van der Waals surface area contributed by atoms with E-state index in [-0.39, 0.29) is 6.73 Å². The first kappa shape index (κ1) is 12.0. The Morgan fingerprint density at radius 2 is 2.13 bits per heavy atom. The van der Waals surface area contributed by atoms with Gasteiger partial charge in [-0.2, -0.15) is 0 Å². The number of nitrogens with zero attached hydrogens (tertiary/aromatic N) is 1. The molecule has 1 aromatic rings. The number of ether oxygens (including phenoxy) is 1. The molecule has 84 valence electrons. The van der Waals surface area contributed by atoms with Crippen molar-refractivity contribution in [3.63, 3.8) is 0 Å². The molecule has 3 nitrogen and oxygen atoms in total. The van der Waals surface area contributed by atoms with Crippen molar-refractivity contribution in [3.05, 3.63) is 29.3 Å². The maximum absolute atomic E-state index is 8.91. The van der Waals surface area contributed by atoms with Gasteiger partial charge in [0.1, 0.15) is 5.75 Å². The van der Waals surface area contributed by atoms with Crippen LogP contribution in [0.3, 0.4) is 0 Å². The lowest BCUT2D eigenvalue weighted by Gasteiger charge is -2.14. The molecular weight excluding hydrogens is 190 g/mol. The molecule has 0 saturated carbocycles. The summed E-state index contributed by atoms with van der Waals surface area (Å²) in [6, 6.07) is 6.11. The number of aliphatic hydroxyl groups excluding tert-OH is 1. The first-order chi connectivity index (χ1) is 7.17. The van der Waals surface area contributed by atoms with E-state index in [0.29, 0.717) is 6.61 Å². The van der Waals surface area contributed by atoms with Crippen molar-refractivity contribution in [2.45, 2.75) is 20.4 Å². The van der Waals surface area contributed by atoms with Crippen LogP contribution in [-0.4, -0.2) is 30.4 Å². The van der Waals surface area contributed by atoms with Crippen LogP contribution in [0.15, 0.2) is 18.2 Å². The van der Waals surface area contributed by atoms with Crippen molar-refractivity contribution in [1.82, 2.24) is 4.90 Å². The van der Waals surface area contributed by atoms with E-state index in [2.05, 4.69) is 6.07 Å². The van der Waals surface area contributed by atoms with Crippen LogP contribution in [-0.2, 0) is 6.54 Å². The van der Waals surface area contributed by atoms with Gasteiger partial charge in [0, 0.05) is 6.54 Å². The minimum atomic E-state index is 0.0757. The maximum atomic E-state index is 8.91.